The van der Waals surface area contributed by atoms with Gasteiger partial charge < -0.3 is 19.6 Å². The van der Waals surface area contributed by atoms with Crippen LogP contribution < -0.4 is 15.9 Å². The van der Waals surface area contributed by atoms with E-state index in [4.69, 9.17) is 31.2 Å². The van der Waals surface area contributed by atoms with Gasteiger partial charge in [-0.3, -0.25) is 9.36 Å². The third-order valence-electron chi connectivity index (χ3n) is 6.26. The smallest absolute Gasteiger partial charge is 0.354 e. The molecule has 0 aliphatic carbocycles. The van der Waals surface area contributed by atoms with Crippen molar-refractivity contribution in [1.29, 1.82) is 0 Å². The highest BCUT2D eigenvalue weighted by molar-refractivity contribution is 6.30. The fraction of sp³-hybridized carbons (Fsp3) is 0.214. The number of hydrogen-bond acceptors (Lipinski definition) is 6. The Kier molecular flexibility index (Phi) is 7.67. The van der Waals surface area contributed by atoms with Crippen LogP contribution in [0.2, 0.25) is 5.02 Å². The summed E-state index contributed by atoms with van der Waals surface area (Å²) in [5.41, 5.74) is 2.46. The molecule has 2 N–H and O–H groups in total. The van der Waals surface area contributed by atoms with Crippen molar-refractivity contribution in [2.45, 2.75) is 25.3 Å². The summed E-state index contributed by atoms with van der Waals surface area (Å²) >= 11 is 6.05. The van der Waals surface area contributed by atoms with Crippen LogP contribution in [0.5, 0.6) is 11.6 Å². The van der Waals surface area contributed by atoms with E-state index < -0.39 is 5.97 Å². The molecule has 0 saturated carbocycles. The summed E-state index contributed by atoms with van der Waals surface area (Å²) in [6.07, 6.45) is 3.35. The van der Waals surface area contributed by atoms with Gasteiger partial charge in [-0.15, -0.1) is 0 Å². The minimum absolute atomic E-state index is 0.0892. The molecule has 1 aliphatic heterocycles. The number of carbonyl (C=O) groups is 1. The number of halogens is 1. The van der Waals surface area contributed by atoms with Crippen LogP contribution >= 0.6 is 11.6 Å². The number of aromatic amines is 1. The number of carboxylic acids is 1. The predicted molar refractivity (Wildman–Crippen MR) is 141 cm³/mol. The van der Waals surface area contributed by atoms with Gasteiger partial charge in [-0.1, -0.05) is 29.8 Å². The molecule has 1 saturated heterocycles. The van der Waals surface area contributed by atoms with Crippen LogP contribution in [0.1, 0.15) is 40.4 Å². The van der Waals surface area contributed by atoms with Gasteiger partial charge in [-0.2, -0.15) is 0 Å². The average molecular weight is 533 g/mol. The summed E-state index contributed by atoms with van der Waals surface area (Å²) in [5.74, 6) is -0.365. The molecule has 2 aromatic heterocycles. The first-order valence-corrected chi connectivity index (χ1v) is 12.5. The van der Waals surface area contributed by atoms with E-state index in [1.807, 2.05) is 12.1 Å². The topological polar surface area (TPSA) is 119 Å². The molecule has 3 heterocycles. The SMILES string of the molecule is O=C(O)c1cccc(Oc2ccc(/N=c3\[nH]cc(C4CCOCC4)c(=O)n3Cc3ccc(Cl)cc3)cc2)n1. The van der Waals surface area contributed by atoms with Crippen LogP contribution in [0.25, 0.3) is 0 Å². The lowest BCUT2D eigenvalue weighted by Gasteiger charge is -2.22. The number of aromatic carboxylic acids is 1. The zero-order chi connectivity index (χ0) is 26.5. The molecule has 4 aromatic rings. The molecular weight excluding hydrogens is 508 g/mol. The first kappa shape index (κ1) is 25.4. The lowest BCUT2D eigenvalue weighted by atomic mass is 9.94. The second-order valence-corrected chi connectivity index (χ2v) is 9.28. The third kappa shape index (κ3) is 6.01. The summed E-state index contributed by atoms with van der Waals surface area (Å²) in [6, 6.07) is 18.8. The molecule has 1 aliphatic rings. The zero-order valence-corrected chi connectivity index (χ0v) is 21.1. The Morgan fingerprint density at radius 1 is 1.11 bits per heavy atom. The number of rotatable bonds is 7. The molecule has 0 radical (unpaired) electrons. The normalized spacial score (nSPS) is 14.4. The molecule has 2 aromatic carbocycles. The summed E-state index contributed by atoms with van der Waals surface area (Å²) in [7, 11) is 0. The number of pyridine rings is 1. The number of aromatic nitrogens is 3. The molecule has 0 atom stereocenters. The quantitative estimate of drug-likeness (QED) is 0.350. The Morgan fingerprint density at radius 3 is 2.55 bits per heavy atom. The van der Waals surface area contributed by atoms with E-state index in [1.54, 1.807) is 59.3 Å². The van der Waals surface area contributed by atoms with Crippen molar-refractivity contribution in [2.24, 2.45) is 4.99 Å². The monoisotopic (exact) mass is 532 g/mol. The molecular formula is C28H25ClN4O5. The number of ether oxygens (including phenoxy) is 2. The van der Waals surface area contributed by atoms with Gasteiger partial charge in [0.25, 0.3) is 5.56 Å². The molecule has 5 rings (SSSR count). The Hall–Kier alpha value is -4.21. The van der Waals surface area contributed by atoms with E-state index in [2.05, 4.69) is 9.97 Å². The molecule has 10 heteroatoms. The van der Waals surface area contributed by atoms with Crippen LogP contribution in [-0.2, 0) is 11.3 Å². The van der Waals surface area contributed by atoms with E-state index in [-0.39, 0.29) is 23.1 Å². The van der Waals surface area contributed by atoms with Crippen molar-refractivity contribution in [3.63, 3.8) is 0 Å². The van der Waals surface area contributed by atoms with Gasteiger partial charge in [0.05, 0.1) is 12.2 Å². The van der Waals surface area contributed by atoms with Gasteiger partial charge >= 0.3 is 5.97 Å². The van der Waals surface area contributed by atoms with Crippen molar-refractivity contribution in [3.05, 3.63) is 111 Å². The predicted octanol–water partition coefficient (Wildman–Crippen LogP) is 4.89. The maximum atomic E-state index is 13.6. The lowest BCUT2D eigenvalue weighted by Crippen LogP contribution is -2.39. The highest BCUT2D eigenvalue weighted by atomic mass is 35.5. The number of carboxylic acid groups (broad SMARTS) is 1. The number of hydrogen-bond donors (Lipinski definition) is 2. The second-order valence-electron chi connectivity index (χ2n) is 8.85. The largest absolute Gasteiger partial charge is 0.477 e. The van der Waals surface area contributed by atoms with Gasteiger partial charge in [0, 0.05) is 36.1 Å². The van der Waals surface area contributed by atoms with Crippen LogP contribution in [-0.4, -0.2) is 38.8 Å². The Morgan fingerprint density at radius 2 is 1.84 bits per heavy atom. The number of nitrogens with one attached hydrogen (secondary N) is 1. The van der Waals surface area contributed by atoms with Crippen molar-refractivity contribution < 1.29 is 19.4 Å². The van der Waals surface area contributed by atoms with Gasteiger partial charge in [0.1, 0.15) is 5.75 Å². The van der Waals surface area contributed by atoms with Crippen molar-refractivity contribution in [2.75, 3.05) is 13.2 Å². The number of nitrogens with zero attached hydrogens (tertiary/aromatic N) is 3. The standard InChI is InChI=1S/C28H25ClN4O5/c29-20-6-4-18(5-7-20)17-33-26(34)23(19-12-14-37-15-13-19)16-30-28(33)31-21-8-10-22(11-9-21)38-25-3-1-2-24(32-25)27(35)36/h1-11,16,19H,12-15,17H2,(H,30,31)(H,35,36). The molecule has 38 heavy (non-hydrogen) atoms. The van der Waals surface area contributed by atoms with Gasteiger partial charge in [0.15, 0.2) is 5.69 Å². The third-order valence-corrected chi connectivity index (χ3v) is 6.51. The van der Waals surface area contributed by atoms with E-state index in [0.717, 1.165) is 24.0 Å². The van der Waals surface area contributed by atoms with Crippen LogP contribution in [0.15, 0.2) is 82.7 Å². The Balaban J connectivity index is 1.46. The second kappa shape index (κ2) is 11.5. The van der Waals surface area contributed by atoms with E-state index in [1.165, 1.54) is 6.07 Å². The van der Waals surface area contributed by atoms with E-state index >= 15 is 0 Å². The average Bonchev–Trinajstić information content (AvgIpc) is 2.93. The van der Waals surface area contributed by atoms with Gasteiger partial charge in [-0.05, 0) is 66.8 Å². The highest BCUT2D eigenvalue weighted by Crippen LogP contribution is 2.24. The maximum Gasteiger partial charge on any atom is 0.354 e. The van der Waals surface area contributed by atoms with Crippen molar-refractivity contribution in [1.82, 2.24) is 14.5 Å². The molecule has 0 amide bonds. The van der Waals surface area contributed by atoms with E-state index in [0.29, 0.717) is 41.8 Å². The first-order chi connectivity index (χ1) is 18.5. The summed E-state index contributed by atoms with van der Waals surface area (Å²) < 4.78 is 12.8. The minimum Gasteiger partial charge on any atom is -0.477 e. The molecule has 1 fully saturated rings. The molecule has 0 spiro atoms. The number of H-pyrrole nitrogens is 1. The Bertz CT molecular complexity index is 1560. The lowest BCUT2D eigenvalue weighted by molar-refractivity contribution is 0.0689. The van der Waals surface area contributed by atoms with Crippen molar-refractivity contribution >= 4 is 23.3 Å². The summed E-state index contributed by atoms with van der Waals surface area (Å²) in [6.45, 7) is 1.60. The van der Waals surface area contributed by atoms with Gasteiger partial charge in [0.2, 0.25) is 11.5 Å². The molecule has 0 unspecified atom stereocenters. The number of benzene rings is 2. The fourth-order valence-corrected chi connectivity index (χ4v) is 4.40. The van der Waals surface area contributed by atoms with Crippen LogP contribution in [0.4, 0.5) is 5.69 Å². The molecule has 9 nitrogen and oxygen atoms in total. The highest BCUT2D eigenvalue weighted by Gasteiger charge is 2.20. The van der Waals surface area contributed by atoms with Gasteiger partial charge in [-0.25, -0.2) is 14.8 Å². The van der Waals surface area contributed by atoms with E-state index in [9.17, 15) is 9.59 Å². The van der Waals surface area contributed by atoms with Crippen LogP contribution in [0, 0.1) is 0 Å². The molecule has 0 bridgehead atoms. The minimum atomic E-state index is -1.13. The maximum absolute atomic E-state index is 13.6. The molecule has 194 valence electrons. The zero-order valence-electron chi connectivity index (χ0n) is 20.3. The summed E-state index contributed by atoms with van der Waals surface area (Å²) in [5, 5.41) is 9.75. The van der Waals surface area contributed by atoms with Crippen LogP contribution in [0.3, 0.4) is 0 Å². The summed E-state index contributed by atoms with van der Waals surface area (Å²) in [4.78, 5) is 36.7. The Labute approximate surface area is 223 Å². The first-order valence-electron chi connectivity index (χ1n) is 12.1. The van der Waals surface area contributed by atoms with Crippen molar-refractivity contribution in [3.8, 4) is 11.6 Å². The fourth-order valence-electron chi connectivity index (χ4n) is 4.27.